The highest BCUT2D eigenvalue weighted by atomic mass is 32.1. The smallest absolute Gasteiger partial charge is 0.131 e. The highest BCUT2D eigenvalue weighted by Crippen LogP contribution is 2.44. The van der Waals surface area contributed by atoms with Gasteiger partial charge in [0.2, 0.25) is 0 Å². The van der Waals surface area contributed by atoms with Crippen molar-refractivity contribution in [3.8, 4) is 16.8 Å². The number of amidine groups is 1. The summed E-state index contributed by atoms with van der Waals surface area (Å²) in [7, 11) is 0. The molecule has 3 heterocycles. The average molecular weight is 661 g/mol. The van der Waals surface area contributed by atoms with Crippen molar-refractivity contribution in [3.63, 3.8) is 0 Å². The van der Waals surface area contributed by atoms with Crippen LogP contribution in [-0.2, 0) is 0 Å². The van der Waals surface area contributed by atoms with Crippen LogP contribution in [0.2, 0.25) is 0 Å². The minimum Gasteiger partial charge on any atom is -0.350 e. The predicted octanol–water partition coefficient (Wildman–Crippen LogP) is 11.2. The van der Waals surface area contributed by atoms with E-state index in [0.29, 0.717) is 0 Å². The Kier molecular flexibility index (Phi) is 6.86. The summed E-state index contributed by atoms with van der Waals surface area (Å²) in [6, 6.07) is 60.7. The summed E-state index contributed by atoms with van der Waals surface area (Å²) < 4.78 is 5.07. The molecule has 0 saturated heterocycles. The number of aliphatic imine (C=N–C) groups is 1. The first-order valence-electron chi connectivity index (χ1n) is 17.0. The summed E-state index contributed by atoms with van der Waals surface area (Å²) in [5.41, 5.74) is 9.24. The molecule has 0 fully saturated rings. The first kappa shape index (κ1) is 29.0. The van der Waals surface area contributed by atoms with Crippen LogP contribution in [0.5, 0.6) is 0 Å². The molecule has 1 aliphatic heterocycles. The molecule has 0 amide bonds. The van der Waals surface area contributed by atoms with Crippen molar-refractivity contribution >= 4 is 59.2 Å². The van der Waals surface area contributed by atoms with E-state index in [2.05, 4.69) is 179 Å². The molecular weight excluding hydrogens is 629 g/mol. The predicted molar refractivity (Wildman–Crippen MR) is 210 cm³/mol. The first-order valence-corrected chi connectivity index (χ1v) is 17.9. The van der Waals surface area contributed by atoms with Gasteiger partial charge in [-0.2, -0.15) is 0 Å². The molecule has 0 bridgehead atoms. The number of hydrogen-bond donors (Lipinski definition) is 2. The zero-order valence-corrected chi connectivity index (χ0v) is 27.9. The second kappa shape index (κ2) is 11.8. The minimum atomic E-state index is -0.302. The fraction of sp³-hybridized carbons (Fsp3) is 0.0444. The summed E-state index contributed by atoms with van der Waals surface area (Å²) in [6.45, 7) is 0. The molecule has 4 nitrogen and oxygen atoms in total. The molecule has 5 heteroatoms. The second-order valence-corrected chi connectivity index (χ2v) is 13.9. The van der Waals surface area contributed by atoms with Gasteiger partial charge in [0, 0.05) is 42.1 Å². The number of rotatable bonds is 5. The molecular formula is C45H32N4S. The standard InChI is InChI=1S/C45H32N4S/c1-3-13-29(14-4-1)30-23-25-32(26-24-30)44-46-43(31-15-5-2-6-16-31)47-45(48-44)34-18-8-11-21-37(34)49-36-20-10-7-17-33(36)41-38(49)27-28-40-42(41)35-19-9-12-22-39(35)50-40/h1-28,44-45,48H,(H,46,47). The topological polar surface area (TPSA) is 41.4 Å². The lowest BCUT2D eigenvalue weighted by molar-refractivity contribution is 0.408. The largest absolute Gasteiger partial charge is 0.350 e. The van der Waals surface area contributed by atoms with Gasteiger partial charge in [-0.05, 0) is 47.0 Å². The number of benzene rings is 7. The monoisotopic (exact) mass is 660 g/mol. The van der Waals surface area contributed by atoms with Gasteiger partial charge >= 0.3 is 0 Å². The SMILES string of the molecule is c1ccc(C2=NC(c3ccccc3-n3c4ccccc4c4c5c(ccc43)sc3ccccc35)NC(c3ccc(-c4ccccc4)cc3)N2)cc1. The van der Waals surface area contributed by atoms with Crippen LogP contribution >= 0.6 is 11.3 Å². The Labute approximate surface area is 294 Å². The lowest BCUT2D eigenvalue weighted by atomic mass is 10.0. The number of nitrogens with one attached hydrogen (secondary N) is 2. The van der Waals surface area contributed by atoms with Crippen LogP contribution in [-0.4, -0.2) is 10.4 Å². The second-order valence-electron chi connectivity index (χ2n) is 12.8. The van der Waals surface area contributed by atoms with Crippen molar-refractivity contribution in [2.75, 3.05) is 0 Å². The van der Waals surface area contributed by atoms with Crippen LogP contribution < -0.4 is 10.6 Å². The number of fused-ring (bicyclic) bond motifs is 7. The van der Waals surface area contributed by atoms with Gasteiger partial charge in [-0.3, -0.25) is 5.32 Å². The third-order valence-electron chi connectivity index (χ3n) is 9.91. The van der Waals surface area contributed by atoms with Crippen molar-refractivity contribution in [3.05, 3.63) is 187 Å². The Morgan fingerprint density at radius 3 is 1.98 bits per heavy atom. The number of nitrogens with zero attached hydrogens (tertiary/aromatic N) is 2. The van der Waals surface area contributed by atoms with E-state index in [-0.39, 0.29) is 12.3 Å². The Bertz CT molecular complexity index is 2710. The fourth-order valence-electron chi connectivity index (χ4n) is 7.59. The summed E-state index contributed by atoms with van der Waals surface area (Å²) in [5, 5.41) is 12.8. The molecule has 238 valence electrons. The van der Waals surface area contributed by atoms with Crippen LogP contribution in [0.4, 0.5) is 0 Å². The van der Waals surface area contributed by atoms with Crippen LogP contribution in [0.15, 0.2) is 175 Å². The normalized spacial score (nSPS) is 16.2. The van der Waals surface area contributed by atoms with Crippen molar-refractivity contribution in [2.45, 2.75) is 12.3 Å². The van der Waals surface area contributed by atoms with Gasteiger partial charge in [-0.1, -0.05) is 140 Å². The molecule has 0 saturated carbocycles. The molecule has 0 spiro atoms. The number of thiophene rings is 1. The van der Waals surface area contributed by atoms with Crippen LogP contribution in [0.1, 0.15) is 29.0 Å². The van der Waals surface area contributed by atoms with Crippen LogP contribution in [0.3, 0.4) is 0 Å². The highest BCUT2D eigenvalue weighted by Gasteiger charge is 2.28. The van der Waals surface area contributed by atoms with E-state index in [1.807, 2.05) is 17.4 Å². The molecule has 10 rings (SSSR count). The van der Waals surface area contributed by atoms with E-state index in [0.717, 1.165) is 28.2 Å². The van der Waals surface area contributed by atoms with Crippen molar-refractivity contribution in [1.29, 1.82) is 0 Å². The molecule has 50 heavy (non-hydrogen) atoms. The molecule has 0 radical (unpaired) electrons. The lowest BCUT2D eigenvalue weighted by Crippen LogP contribution is -2.45. The van der Waals surface area contributed by atoms with E-state index < -0.39 is 0 Å². The van der Waals surface area contributed by atoms with Gasteiger partial charge in [0.25, 0.3) is 0 Å². The minimum absolute atomic E-state index is 0.152. The van der Waals surface area contributed by atoms with Gasteiger partial charge < -0.3 is 9.88 Å². The van der Waals surface area contributed by atoms with Crippen molar-refractivity contribution in [1.82, 2.24) is 15.2 Å². The van der Waals surface area contributed by atoms with Gasteiger partial charge in [0.1, 0.15) is 18.2 Å². The van der Waals surface area contributed by atoms with Gasteiger partial charge in [-0.25, -0.2) is 4.99 Å². The number of aromatic nitrogens is 1. The zero-order valence-electron chi connectivity index (χ0n) is 27.1. The molecule has 9 aromatic rings. The first-order chi connectivity index (χ1) is 24.8. The fourth-order valence-corrected chi connectivity index (χ4v) is 8.70. The zero-order chi connectivity index (χ0) is 33.0. The number of hydrogen-bond acceptors (Lipinski definition) is 4. The molecule has 2 aromatic heterocycles. The lowest BCUT2D eigenvalue weighted by Gasteiger charge is -2.33. The van der Waals surface area contributed by atoms with E-state index >= 15 is 0 Å². The molecule has 2 atom stereocenters. The van der Waals surface area contributed by atoms with Gasteiger partial charge in [0.05, 0.1) is 16.7 Å². The third kappa shape index (κ3) is 4.74. The Hall–Kier alpha value is -6.01. The van der Waals surface area contributed by atoms with E-state index in [4.69, 9.17) is 4.99 Å². The quantitative estimate of drug-likeness (QED) is 0.193. The summed E-state index contributed by atoms with van der Waals surface area (Å²) in [5.74, 6) is 0.870. The third-order valence-corrected chi connectivity index (χ3v) is 11.0. The van der Waals surface area contributed by atoms with E-state index in [1.165, 1.54) is 53.1 Å². The molecule has 2 unspecified atom stereocenters. The van der Waals surface area contributed by atoms with E-state index in [9.17, 15) is 0 Å². The molecule has 0 aliphatic carbocycles. The molecule has 7 aromatic carbocycles. The van der Waals surface area contributed by atoms with Crippen LogP contribution in [0, 0.1) is 0 Å². The highest BCUT2D eigenvalue weighted by molar-refractivity contribution is 7.26. The Morgan fingerprint density at radius 1 is 0.500 bits per heavy atom. The van der Waals surface area contributed by atoms with Crippen molar-refractivity contribution in [2.24, 2.45) is 4.99 Å². The van der Waals surface area contributed by atoms with E-state index in [1.54, 1.807) is 0 Å². The maximum Gasteiger partial charge on any atom is 0.131 e. The Balaban J connectivity index is 1.14. The maximum absolute atomic E-state index is 5.36. The average Bonchev–Trinajstić information content (AvgIpc) is 3.74. The van der Waals surface area contributed by atoms with Crippen LogP contribution in [0.25, 0.3) is 58.8 Å². The number of para-hydroxylation sites is 2. The summed E-state index contributed by atoms with van der Waals surface area (Å²) >= 11 is 1.87. The van der Waals surface area contributed by atoms with Crippen molar-refractivity contribution < 1.29 is 0 Å². The summed E-state index contributed by atoms with van der Waals surface area (Å²) in [6.07, 6.45) is -0.455. The van der Waals surface area contributed by atoms with Gasteiger partial charge in [0.15, 0.2) is 0 Å². The molecule has 2 N–H and O–H groups in total. The van der Waals surface area contributed by atoms with Gasteiger partial charge in [-0.15, -0.1) is 11.3 Å². The molecule has 1 aliphatic rings. The maximum atomic E-state index is 5.36. The summed E-state index contributed by atoms with van der Waals surface area (Å²) in [4.78, 5) is 5.36. The Morgan fingerprint density at radius 2 is 1.16 bits per heavy atom.